The number of hydrogen-bond acceptors (Lipinski definition) is 2. The fourth-order valence-corrected chi connectivity index (χ4v) is 2.17. The van der Waals surface area contributed by atoms with E-state index in [2.05, 4.69) is 0 Å². The number of nitrogens with two attached hydrogens (primary N) is 1. The van der Waals surface area contributed by atoms with Crippen molar-refractivity contribution in [2.24, 2.45) is 5.73 Å². The standard InChI is InChI=1S/C10H12Cl3NO/c1-15-10-7(9(14)2-3-11)4-6(12)5-8(10)13/h4-5,9H,2-3,14H2,1H3. The Kier molecular flexibility index (Phi) is 5.00. The van der Waals surface area contributed by atoms with Crippen molar-refractivity contribution in [3.05, 3.63) is 27.7 Å². The molecule has 0 saturated heterocycles. The van der Waals surface area contributed by atoms with Crippen molar-refractivity contribution >= 4 is 34.8 Å². The molecule has 0 aliphatic carbocycles. The third-order valence-corrected chi connectivity index (χ3v) is 2.78. The van der Waals surface area contributed by atoms with Crippen molar-refractivity contribution in [2.75, 3.05) is 13.0 Å². The fourth-order valence-electron chi connectivity index (χ4n) is 1.34. The first-order valence-corrected chi connectivity index (χ1v) is 5.73. The van der Waals surface area contributed by atoms with Gasteiger partial charge in [0.1, 0.15) is 5.75 Å². The molecule has 0 heterocycles. The number of benzene rings is 1. The van der Waals surface area contributed by atoms with E-state index >= 15 is 0 Å². The van der Waals surface area contributed by atoms with Gasteiger partial charge in [-0.15, -0.1) is 11.6 Å². The van der Waals surface area contributed by atoms with Crippen LogP contribution < -0.4 is 10.5 Å². The van der Waals surface area contributed by atoms with Crippen LogP contribution in [0.5, 0.6) is 5.75 Å². The van der Waals surface area contributed by atoms with E-state index in [0.717, 1.165) is 5.56 Å². The highest BCUT2D eigenvalue weighted by Gasteiger charge is 2.15. The maximum absolute atomic E-state index is 5.98. The molecular weight excluding hydrogens is 256 g/mol. The van der Waals surface area contributed by atoms with Crippen LogP contribution in [-0.2, 0) is 0 Å². The molecule has 2 nitrogen and oxygen atoms in total. The highest BCUT2D eigenvalue weighted by Crippen LogP contribution is 2.35. The van der Waals surface area contributed by atoms with Gasteiger partial charge in [0.25, 0.3) is 0 Å². The van der Waals surface area contributed by atoms with Gasteiger partial charge < -0.3 is 10.5 Å². The first-order valence-electron chi connectivity index (χ1n) is 4.44. The Morgan fingerprint density at radius 1 is 1.40 bits per heavy atom. The number of halogens is 3. The molecule has 0 spiro atoms. The normalized spacial score (nSPS) is 12.6. The third-order valence-electron chi connectivity index (χ3n) is 2.06. The minimum atomic E-state index is -0.214. The lowest BCUT2D eigenvalue weighted by Crippen LogP contribution is -2.12. The molecule has 5 heteroatoms. The number of rotatable bonds is 4. The SMILES string of the molecule is COc1c(Cl)cc(Cl)cc1C(N)CCCl. The van der Waals surface area contributed by atoms with Crippen LogP contribution in [0.1, 0.15) is 18.0 Å². The summed E-state index contributed by atoms with van der Waals surface area (Å²) in [5, 5.41) is 1.01. The van der Waals surface area contributed by atoms with E-state index in [9.17, 15) is 0 Å². The molecule has 1 unspecified atom stereocenters. The van der Waals surface area contributed by atoms with Gasteiger partial charge in [0.05, 0.1) is 12.1 Å². The first kappa shape index (κ1) is 12.9. The van der Waals surface area contributed by atoms with Crippen molar-refractivity contribution in [3.8, 4) is 5.75 Å². The van der Waals surface area contributed by atoms with Crippen molar-refractivity contribution in [1.82, 2.24) is 0 Å². The molecule has 1 aromatic rings. The van der Waals surface area contributed by atoms with Crippen molar-refractivity contribution in [1.29, 1.82) is 0 Å². The van der Waals surface area contributed by atoms with Crippen LogP contribution in [0.2, 0.25) is 10.0 Å². The van der Waals surface area contributed by atoms with Crippen LogP contribution in [0.25, 0.3) is 0 Å². The summed E-state index contributed by atoms with van der Waals surface area (Å²) in [5.41, 5.74) is 6.73. The van der Waals surface area contributed by atoms with Crippen LogP contribution in [0, 0.1) is 0 Å². The molecule has 2 N–H and O–H groups in total. The molecule has 1 aromatic carbocycles. The van der Waals surface area contributed by atoms with Gasteiger partial charge in [-0.2, -0.15) is 0 Å². The predicted octanol–water partition coefficient (Wildman–Crippen LogP) is 3.63. The summed E-state index contributed by atoms with van der Waals surface area (Å²) in [6.07, 6.45) is 0.647. The molecule has 15 heavy (non-hydrogen) atoms. The van der Waals surface area contributed by atoms with Gasteiger partial charge in [-0.05, 0) is 18.6 Å². The molecule has 0 bridgehead atoms. The molecule has 0 saturated carbocycles. The topological polar surface area (TPSA) is 35.2 Å². The maximum Gasteiger partial charge on any atom is 0.142 e. The second-order valence-electron chi connectivity index (χ2n) is 3.09. The molecule has 0 aliphatic rings. The summed E-state index contributed by atoms with van der Waals surface area (Å²) in [5.74, 6) is 1.05. The second-order valence-corrected chi connectivity index (χ2v) is 4.32. The third kappa shape index (κ3) is 3.15. The van der Waals surface area contributed by atoms with Gasteiger partial charge in [0.15, 0.2) is 0 Å². The van der Waals surface area contributed by atoms with Gasteiger partial charge in [0, 0.05) is 22.5 Å². The molecule has 0 radical (unpaired) electrons. The zero-order chi connectivity index (χ0) is 11.4. The molecule has 1 atom stereocenters. The smallest absolute Gasteiger partial charge is 0.142 e. The van der Waals surface area contributed by atoms with Crippen LogP contribution >= 0.6 is 34.8 Å². The highest BCUT2D eigenvalue weighted by atomic mass is 35.5. The number of methoxy groups -OCH3 is 1. The van der Waals surface area contributed by atoms with E-state index in [1.807, 2.05) is 0 Å². The average molecular weight is 269 g/mol. The molecule has 84 valence electrons. The highest BCUT2D eigenvalue weighted by molar-refractivity contribution is 6.35. The summed E-state index contributed by atoms with van der Waals surface area (Å²) in [6.45, 7) is 0. The number of hydrogen-bond donors (Lipinski definition) is 1. The minimum absolute atomic E-state index is 0.214. The van der Waals surface area contributed by atoms with Crippen LogP contribution in [0.3, 0.4) is 0 Å². The van der Waals surface area contributed by atoms with E-state index in [4.69, 9.17) is 45.3 Å². The summed E-state index contributed by atoms with van der Waals surface area (Å²) < 4.78 is 5.18. The van der Waals surface area contributed by atoms with Gasteiger partial charge in [0.2, 0.25) is 0 Å². The fraction of sp³-hybridized carbons (Fsp3) is 0.400. The van der Waals surface area contributed by atoms with E-state index in [1.165, 1.54) is 0 Å². The first-order chi connectivity index (χ1) is 7.10. The van der Waals surface area contributed by atoms with Crippen molar-refractivity contribution < 1.29 is 4.74 Å². The predicted molar refractivity (Wildman–Crippen MR) is 65.3 cm³/mol. The lowest BCUT2D eigenvalue weighted by Gasteiger charge is -2.16. The molecular formula is C10H12Cl3NO. The molecule has 0 aromatic heterocycles. The quantitative estimate of drug-likeness (QED) is 0.846. The Labute approximate surface area is 104 Å². The minimum Gasteiger partial charge on any atom is -0.495 e. The molecule has 0 fully saturated rings. The van der Waals surface area contributed by atoms with Gasteiger partial charge >= 0.3 is 0 Å². The summed E-state index contributed by atoms with van der Waals surface area (Å²) >= 11 is 17.5. The number of alkyl halides is 1. The van der Waals surface area contributed by atoms with Crippen molar-refractivity contribution in [3.63, 3.8) is 0 Å². The Bertz CT molecular complexity index is 344. The van der Waals surface area contributed by atoms with E-state index in [1.54, 1.807) is 19.2 Å². The van der Waals surface area contributed by atoms with Crippen LogP contribution in [-0.4, -0.2) is 13.0 Å². The van der Waals surface area contributed by atoms with Crippen LogP contribution in [0.15, 0.2) is 12.1 Å². The maximum atomic E-state index is 5.98. The largest absolute Gasteiger partial charge is 0.495 e. The lowest BCUT2D eigenvalue weighted by atomic mass is 10.0. The average Bonchev–Trinajstić information content (AvgIpc) is 2.17. The summed E-state index contributed by atoms with van der Waals surface area (Å²) in [6, 6.07) is 3.16. The Hall–Kier alpha value is -0.150. The van der Waals surface area contributed by atoms with E-state index < -0.39 is 0 Å². The van der Waals surface area contributed by atoms with E-state index in [-0.39, 0.29) is 6.04 Å². The second kappa shape index (κ2) is 5.80. The Morgan fingerprint density at radius 3 is 2.60 bits per heavy atom. The van der Waals surface area contributed by atoms with Crippen molar-refractivity contribution in [2.45, 2.75) is 12.5 Å². The molecule has 0 amide bonds. The van der Waals surface area contributed by atoms with E-state index in [0.29, 0.717) is 28.1 Å². The van der Waals surface area contributed by atoms with Crippen LogP contribution in [0.4, 0.5) is 0 Å². The van der Waals surface area contributed by atoms with Gasteiger partial charge in [-0.1, -0.05) is 23.2 Å². The molecule has 1 rings (SSSR count). The molecule has 0 aliphatic heterocycles. The Morgan fingerprint density at radius 2 is 2.07 bits per heavy atom. The zero-order valence-corrected chi connectivity index (χ0v) is 10.5. The monoisotopic (exact) mass is 267 g/mol. The summed E-state index contributed by atoms with van der Waals surface area (Å²) in [7, 11) is 1.55. The van der Waals surface area contributed by atoms with Gasteiger partial charge in [-0.3, -0.25) is 0 Å². The number of ether oxygens (including phenoxy) is 1. The zero-order valence-electron chi connectivity index (χ0n) is 8.27. The Balaban J connectivity index is 3.13. The lowest BCUT2D eigenvalue weighted by molar-refractivity contribution is 0.405. The van der Waals surface area contributed by atoms with Gasteiger partial charge in [-0.25, -0.2) is 0 Å². The summed E-state index contributed by atoms with van der Waals surface area (Å²) in [4.78, 5) is 0.